The van der Waals surface area contributed by atoms with Crippen LogP contribution >= 0.6 is 0 Å². The first-order valence-electron chi connectivity index (χ1n) is 10.0. The number of hydrogen-bond acceptors (Lipinski definition) is 5. The molecule has 3 saturated heterocycles. The van der Waals surface area contributed by atoms with Crippen LogP contribution in [0.15, 0.2) is 24.5 Å². The standard InChI is InChI=1S/C20H30N4O2/c25-19-14-24(15-19)20(26)17-4-2-8-23(13-17)18-5-9-22(10-6-18)12-16-3-1-7-21-11-16/h1,3,7,11,17-19,25H,2,4-6,8-10,12-15H2/t17-/m0/s1. The quantitative estimate of drug-likeness (QED) is 0.869. The molecule has 1 aromatic heterocycles. The van der Waals surface area contributed by atoms with Gasteiger partial charge in [-0.25, -0.2) is 0 Å². The normalized spacial score (nSPS) is 26.7. The van der Waals surface area contributed by atoms with Crippen molar-refractivity contribution in [3.8, 4) is 0 Å². The lowest BCUT2D eigenvalue weighted by molar-refractivity contribution is -0.148. The van der Waals surface area contributed by atoms with Crippen LogP contribution in [0.25, 0.3) is 0 Å². The van der Waals surface area contributed by atoms with Gasteiger partial charge < -0.3 is 10.0 Å². The number of carbonyl (C=O) groups excluding carboxylic acids is 1. The van der Waals surface area contributed by atoms with Gasteiger partial charge in [0.25, 0.3) is 0 Å². The van der Waals surface area contributed by atoms with Crippen LogP contribution in [0.1, 0.15) is 31.2 Å². The summed E-state index contributed by atoms with van der Waals surface area (Å²) in [5.41, 5.74) is 1.28. The van der Waals surface area contributed by atoms with Gasteiger partial charge in [0, 0.05) is 44.6 Å². The Morgan fingerprint density at radius 3 is 2.65 bits per heavy atom. The first-order chi connectivity index (χ1) is 12.7. The van der Waals surface area contributed by atoms with E-state index in [1.165, 1.54) is 18.4 Å². The average Bonchev–Trinajstić information content (AvgIpc) is 2.66. The second-order valence-corrected chi connectivity index (χ2v) is 8.10. The number of pyridine rings is 1. The number of nitrogens with zero attached hydrogens (tertiary/aromatic N) is 4. The van der Waals surface area contributed by atoms with Crippen LogP contribution in [0.4, 0.5) is 0 Å². The maximum Gasteiger partial charge on any atom is 0.227 e. The smallest absolute Gasteiger partial charge is 0.227 e. The van der Waals surface area contributed by atoms with Gasteiger partial charge in [-0.15, -0.1) is 0 Å². The van der Waals surface area contributed by atoms with E-state index in [-0.39, 0.29) is 17.9 Å². The summed E-state index contributed by atoms with van der Waals surface area (Å²) >= 11 is 0. The number of rotatable bonds is 4. The Hall–Kier alpha value is -1.50. The predicted octanol–water partition coefficient (Wildman–Crippen LogP) is 0.961. The van der Waals surface area contributed by atoms with Gasteiger partial charge in [0.1, 0.15) is 0 Å². The van der Waals surface area contributed by atoms with Gasteiger partial charge in [0.2, 0.25) is 5.91 Å². The molecule has 0 spiro atoms. The van der Waals surface area contributed by atoms with Gasteiger partial charge >= 0.3 is 0 Å². The summed E-state index contributed by atoms with van der Waals surface area (Å²) < 4.78 is 0. The molecule has 142 valence electrons. The molecule has 0 radical (unpaired) electrons. The SMILES string of the molecule is O=C([C@H]1CCCN(C2CCN(Cc3cccnc3)CC2)C1)N1CC(O)C1. The van der Waals surface area contributed by atoms with Crippen LogP contribution in [0.3, 0.4) is 0 Å². The molecule has 3 aliphatic rings. The minimum atomic E-state index is -0.303. The van der Waals surface area contributed by atoms with E-state index < -0.39 is 0 Å². The monoisotopic (exact) mass is 358 g/mol. The maximum absolute atomic E-state index is 12.6. The molecule has 1 N–H and O–H groups in total. The molecule has 1 atom stereocenters. The molecule has 6 nitrogen and oxygen atoms in total. The van der Waals surface area contributed by atoms with Crippen LogP contribution in [-0.2, 0) is 11.3 Å². The molecule has 1 aromatic rings. The van der Waals surface area contributed by atoms with E-state index >= 15 is 0 Å². The van der Waals surface area contributed by atoms with Crippen LogP contribution in [0, 0.1) is 5.92 Å². The molecular weight excluding hydrogens is 328 g/mol. The van der Waals surface area contributed by atoms with E-state index in [4.69, 9.17) is 0 Å². The van der Waals surface area contributed by atoms with Crippen LogP contribution < -0.4 is 0 Å². The van der Waals surface area contributed by atoms with Crippen molar-refractivity contribution >= 4 is 5.91 Å². The van der Waals surface area contributed by atoms with Crippen molar-refractivity contribution < 1.29 is 9.90 Å². The van der Waals surface area contributed by atoms with Crippen molar-refractivity contribution in [1.82, 2.24) is 19.7 Å². The zero-order valence-electron chi connectivity index (χ0n) is 15.5. The number of likely N-dealkylation sites (tertiary alicyclic amines) is 3. The molecule has 6 heteroatoms. The third-order valence-electron chi connectivity index (χ3n) is 6.18. The van der Waals surface area contributed by atoms with Gasteiger partial charge in [-0.05, 0) is 56.9 Å². The van der Waals surface area contributed by atoms with Gasteiger partial charge in [-0.1, -0.05) is 6.07 Å². The number of piperidine rings is 2. The maximum atomic E-state index is 12.6. The second-order valence-electron chi connectivity index (χ2n) is 8.10. The highest BCUT2D eigenvalue weighted by Crippen LogP contribution is 2.26. The molecule has 4 rings (SSSR count). The lowest BCUT2D eigenvalue weighted by atomic mass is 9.92. The fraction of sp³-hybridized carbons (Fsp3) is 0.700. The molecule has 0 saturated carbocycles. The Kier molecular flexibility index (Phi) is 5.52. The van der Waals surface area contributed by atoms with Crippen LogP contribution in [0.2, 0.25) is 0 Å². The molecule has 4 heterocycles. The summed E-state index contributed by atoms with van der Waals surface area (Å²) in [4.78, 5) is 23.7. The van der Waals surface area contributed by atoms with Crippen LogP contribution in [0.5, 0.6) is 0 Å². The van der Waals surface area contributed by atoms with E-state index in [2.05, 4.69) is 20.9 Å². The van der Waals surface area contributed by atoms with E-state index in [0.717, 1.165) is 45.6 Å². The average molecular weight is 358 g/mol. The fourth-order valence-electron chi connectivity index (χ4n) is 4.63. The van der Waals surface area contributed by atoms with Gasteiger partial charge in [0.05, 0.1) is 12.0 Å². The van der Waals surface area contributed by atoms with Crippen molar-refractivity contribution in [2.24, 2.45) is 5.92 Å². The highest BCUT2D eigenvalue weighted by molar-refractivity contribution is 5.80. The van der Waals surface area contributed by atoms with E-state index in [1.54, 1.807) is 0 Å². The molecule has 3 fully saturated rings. The molecular formula is C20H30N4O2. The summed E-state index contributed by atoms with van der Waals surface area (Å²) in [6.45, 7) is 6.31. The molecule has 0 aliphatic carbocycles. The van der Waals surface area contributed by atoms with Crippen molar-refractivity contribution in [2.75, 3.05) is 39.3 Å². The Labute approximate surface area is 155 Å². The highest BCUT2D eigenvalue weighted by atomic mass is 16.3. The van der Waals surface area contributed by atoms with Gasteiger partial charge in [-0.2, -0.15) is 0 Å². The van der Waals surface area contributed by atoms with Crippen molar-refractivity contribution in [1.29, 1.82) is 0 Å². The summed E-state index contributed by atoms with van der Waals surface area (Å²) in [6.07, 6.45) is 7.96. The molecule has 1 amide bonds. The summed E-state index contributed by atoms with van der Waals surface area (Å²) in [5, 5.41) is 9.44. The number of aliphatic hydroxyl groups is 1. The number of amides is 1. The van der Waals surface area contributed by atoms with Gasteiger partial charge in [0.15, 0.2) is 0 Å². The summed E-state index contributed by atoms with van der Waals surface area (Å²) in [5.74, 6) is 0.388. The zero-order chi connectivity index (χ0) is 17.9. The van der Waals surface area contributed by atoms with E-state index in [9.17, 15) is 9.90 Å². The third-order valence-corrected chi connectivity index (χ3v) is 6.18. The summed E-state index contributed by atoms with van der Waals surface area (Å²) in [7, 11) is 0. The Balaban J connectivity index is 1.25. The van der Waals surface area contributed by atoms with Crippen molar-refractivity contribution in [2.45, 2.75) is 44.4 Å². The number of hydrogen-bond donors (Lipinski definition) is 1. The number of carbonyl (C=O) groups is 1. The lowest BCUT2D eigenvalue weighted by Gasteiger charge is -2.44. The third kappa shape index (κ3) is 4.08. The number of aliphatic hydroxyl groups excluding tert-OH is 1. The Bertz CT molecular complexity index is 597. The second kappa shape index (κ2) is 8.03. The zero-order valence-corrected chi connectivity index (χ0v) is 15.5. The molecule has 0 unspecified atom stereocenters. The molecule has 3 aliphatic heterocycles. The minimum absolute atomic E-state index is 0.129. The first kappa shape index (κ1) is 17.9. The molecule has 0 bridgehead atoms. The lowest BCUT2D eigenvalue weighted by Crippen LogP contribution is -2.58. The van der Waals surface area contributed by atoms with E-state index in [1.807, 2.05) is 23.4 Å². The highest BCUT2D eigenvalue weighted by Gasteiger charge is 2.37. The van der Waals surface area contributed by atoms with E-state index in [0.29, 0.717) is 19.1 Å². The number of β-amino-alcohol motifs (C(OH)–C–C–N with tert-alkyl or cyclic N) is 1. The fourth-order valence-corrected chi connectivity index (χ4v) is 4.63. The number of aromatic nitrogens is 1. The van der Waals surface area contributed by atoms with Gasteiger partial charge in [-0.3, -0.25) is 19.6 Å². The Morgan fingerprint density at radius 1 is 1.15 bits per heavy atom. The van der Waals surface area contributed by atoms with Crippen LogP contribution in [-0.4, -0.2) is 82.1 Å². The topological polar surface area (TPSA) is 59.9 Å². The van der Waals surface area contributed by atoms with Crippen molar-refractivity contribution in [3.63, 3.8) is 0 Å². The predicted molar refractivity (Wildman–Crippen MR) is 99.4 cm³/mol. The Morgan fingerprint density at radius 2 is 1.96 bits per heavy atom. The molecule has 26 heavy (non-hydrogen) atoms. The molecule has 0 aromatic carbocycles. The first-order valence-corrected chi connectivity index (χ1v) is 10.0. The van der Waals surface area contributed by atoms with Crippen molar-refractivity contribution in [3.05, 3.63) is 30.1 Å². The minimum Gasteiger partial charge on any atom is -0.389 e. The summed E-state index contributed by atoms with van der Waals surface area (Å²) in [6, 6.07) is 4.76. The largest absolute Gasteiger partial charge is 0.389 e.